The predicted molar refractivity (Wildman–Crippen MR) is 105 cm³/mol. The van der Waals surface area contributed by atoms with E-state index in [4.69, 9.17) is 4.74 Å². The highest BCUT2D eigenvalue weighted by Gasteiger charge is 2.62. The second-order valence-electron chi connectivity index (χ2n) is 7.72. The number of rotatable bonds is 3. The first-order chi connectivity index (χ1) is 13.6. The molecule has 0 saturated carbocycles. The van der Waals surface area contributed by atoms with Crippen LogP contribution in [0.15, 0.2) is 48.5 Å². The molecule has 0 radical (unpaired) electrons. The molecule has 2 amide bonds. The minimum absolute atomic E-state index is 0.0900. The monoisotopic (exact) mass is 377 g/mol. The van der Waals surface area contributed by atoms with Crippen LogP contribution in [0.5, 0.6) is 5.75 Å². The number of fused-ring (bicyclic) bond motifs is 3. The SMILES string of the molecule is COc1ccc(N2C(=O)[C@H]3[C@@H](c4ccc(C)cc4)N4CCCN4[C@H]3C2=O)cc1. The van der Waals surface area contributed by atoms with Crippen molar-refractivity contribution in [3.8, 4) is 5.75 Å². The molecule has 3 aliphatic heterocycles. The fourth-order valence-electron chi connectivity index (χ4n) is 4.86. The van der Waals surface area contributed by atoms with Crippen molar-refractivity contribution in [3.05, 3.63) is 59.7 Å². The molecular weight excluding hydrogens is 354 g/mol. The topological polar surface area (TPSA) is 53.1 Å². The lowest BCUT2D eigenvalue weighted by Crippen LogP contribution is -2.44. The van der Waals surface area contributed by atoms with Crippen LogP contribution in [0.2, 0.25) is 0 Å². The van der Waals surface area contributed by atoms with Crippen molar-refractivity contribution in [1.82, 2.24) is 10.0 Å². The molecule has 2 aromatic carbocycles. The zero-order chi connectivity index (χ0) is 19.4. The number of hydrogen-bond donors (Lipinski definition) is 0. The van der Waals surface area contributed by atoms with Crippen LogP contribution in [0.25, 0.3) is 0 Å². The van der Waals surface area contributed by atoms with E-state index in [1.165, 1.54) is 10.5 Å². The van der Waals surface area contributed by atoms with Crippen molar-refractivity contribution < 1.29 is 14.3 Å². The number of ether oxygens (including phenoxy) is 1. The summed E-state index contributed by atoms with van der Waals surface area (Å²) in [6.45, 7) is 3.76. The van der Waals surface area contributed by atoms with E-state index in [1.807, 2.05) is 0 Å². The summed E-state index contributed by atoms with van der Waals surface area (Å²) in [6.07, 6.45) is 1.01. The minimum atomic E-state index is -0.414. The van der Waals surface area contributed by atoms with Gasteiger partial charge in [-0.1, -0.05) is 29.8 Å². The Hall–Kier alpha value is -2.70. The second-order valence-corrected chi connectivity index (χ2v) is 7.72. The number of benzene rings is 2. The van der Waals surface area contributed by atoms with Gasteiger partial charge in [0.05, 0.1) is 24.8 Å². The first kappa shape index (κ1) is 17.4. The predicted octanol–water partition coefficient (Wildman–Crippen LogP) is 2.54. The molecule has 3 fully saturated rings. The molecule has 144 valence electrons. The highest BCUT2D eigenvalue weighted by molar-refractivity contribution is 6.24. The van der Waals surface area contributed by atoms with E-state index in [-0.39, 0.29) is 23.8 Å². The fourth-order valence-corrected chi connectivity index (χ4v) is 4.86. The Kier molecular flexibility index (Phi) is 4.00. The van der Waals surface area contributed by atoms with Gasteiger partial charge < -0.3 is 4.74 Å². The molecule has 0 N–H and O–H groups in total. The van der Waals surface area contributed by atoms with Gasteiger partial charge in [0.15, 0.2) is 0 Å². The first-order valence-electron chi connectivity index (χ1n) is 9.72. The van der Waals surface area contributed by atoms with Gasteiger partial charge in [-0.25, -0.2) is 14.9 Å². The van der Waals surface area contributed by atoms with Crippen LogP contribution in [-0.2, 0) is 9.59 Å². The van der Waals surface area contributed by atoms with Gasteiger partial charge in [-0.3, -0.25) is 9.59 Å². The van der Waals surface area contributed by atoms with Crippen LogP contribution < -0.4 is 9.64 Å². The van der Waals surface area contributed by atoms with Crippen LogP contribution in [0, 0.1) is 12.8 Å². The normalized spacial score (nSPS) is 27.4. The van der Waals surface area contributed by atoms with Crippen molar-refractivity contribution in [3.63, 3.8) is 0 Å². The molecule has 28 heavy (non-hydrogen) atoms. The van der Waals surface area contributed by atoms with Gasteiger partial charge in [0.1, 0.15) is 11.8 Å². The molecule has 3 aliphatic rings. The highest BCUT2D eigenvalue weighted by Crippen LogP contribution is 2.48. The van der Waals surface area contributed by atoms with Crippen molar-refractivity contribution in [1.29, 1.82) is 0 Å². The summed E-state index contributed by atoms with van der Waals surface area (Å²) in [5, 5.41) is 4.36. The molecule has 3 heterocycles. The zero-order valence-corrected chi connectivity index (χ0v) is 16.0. The third-order valence-corrected chi connectivity index (χ3v) is 6.16. The maximum Gasteiger partial charge on any atom is 0.253 e. The summed E-state index contributed by atoms with van der Waals surface area (Å²) < 4.78 is 5.20. The number of methoxy groups -OCH3 is 1. The lowest BCUT2D eigenvalue weighted by atomic mass is 9.89. The molecule has 6 heteroatoms. The largest absolute Gasteiger partial charge is 0.497 e. The van der Waals surface area contributed by atoms with Crippen molar-refractivity contribution in [2.75, 3.05) is 25.1 Å². The van der Waals surface area contributed by atoms with Crippen molar-refractivity contribution >= 4 is 17.5 Å². The Bertz CT molecular complexity index is 925. The van der Waals surface area contributed by atoms with Gasteiger partial charge in [0.2, 0.25) is 5.91 Å². The highest BCUT2D eigenvalue weighted by atomic mass is 16.5. The Balaban J connectivity index is 1.55. The Morgan fingerprint density at radius 1 is 0.857 bits per heavy atom. The molecule has 5 rings (SSSR count). The number of imide groups is 1. The van der Waals surface area contributed by atoms with Crippen LogP contribution in [0.4, 0.5) is 5.69 Å². The van der Waals surface area contributed by atoms with Crippen molar-refractivity contribution in [2.45, 2.75) is 25.4 Å². The van der Waals surface area contributed by atoms with E-state index in [0.29, 0.717) is 11.4 Å². The first-order valence-corrected chi connectivity index (χ1v) is 9.72. The molecule has 2 aromatic rings. The number of carbonyl (C=O) groups is 2. The summed E-state index contributed by atoms with van der Waals surface area (Å²) in [5.74, 6) is 0.0886. The summed E-state index contributed by atoms with van der Waals surface area (Å²) in [5.41, 5.74) is 2.89. The van der Waals surface area contributed by atoms with Gasteiger partial charge in [-0.2, -0.15) is 0 Å². The number of aryl methyl sites for hydroxylation is 1. The lowest BCUT2D eigenvalue weighted by Gasteiger charge is -2.29. The zero-order valence-electron chi connectivity index (χ0n) is 16.0. The van der Waals surface area contributed by atoms with Crippen molar-refractivity contribution in [2.24, 2.45) is 5.92 Å². The van der Waals surface area contributed by atoms with Crippen LogP contribution >= 0.6 is 0 Å². The lowest BCUT2D eigenvalue weighted by molar-refractivity contribution is -0.126. The Morgan fingerprint density at radius 2 is 1.50 bits per heavy atom. The smallest absolute Gasteiger partial charge is 0.253 e. The van der Waals surface area contributed by atoms with Crippen LogP contribution in [0.3, 0.4) is 0 Å². The summed E-state index contributed by atoms with van der Waals surface area (Å²) >= 11 is 0. The fraction of sp³-hybridized carbons (Fsp3) is 0.364. The minimum Gasteiger partial charge on any atom is -0.497 e. The molecule has 3 atom stereocenters. The number of anilines is 1. The molecule has 6 nitrogen and oxygen atoms in total. The maximum absolute atomic E-state index is 13.5. The molecule has 0 aliphatic carbocycles. The molecule has 3 saturated heterocycles. The molecule has 0 spiro atoms. The Labute approximate surface area is 164 Å². The van der Waals surface area contributed by atoms with E-state index in [1.54, 1.807) is 31.4 Å². The van der Waals surface area contributed by atoms with E-state index in [0.717, 1.165) is 25.1 Å². The summed E-state index contributed by atoms with van der Waals surface area (Å²) in [4.78, 5) is 28.2. The third-order valence-electron chi connectivity index (χ3n) is 6.16. The van der Waals surface area contributed by atoms with Gasteiger partial charge in [-0.15, -0.1) is 0 Å². The number of amides is 2. The van der Waals surface area contributed by atoms with E-state index >= 15 is 0 Å². The van der Waals surface area contributed by atoms with E-state index < -0.39 is 6.04 Å². The van der Waals surface area contributed by atoms with Gasteiger partial charge >= 0.3 is 0 Å². The summed E-state index contributed by atoms with van der Waals surface area (Å²) in [7, 11) is 1.60. The Morgan fingerprint density at radius 3 is 2.14 bits per heavy atom. The number of hydrogen-bond acceptors (Lipinski definition) is 5. The van der Waals surface area contributed by atoms with E-state index in [9.17, 15) is 9.59 Å². The molecule has 0 unspecified atom stereocenters. The summed E-state index contributed by atoms with van der Waals surface area (Å²) in [6, 6.07) is 14.9. The molecule has 0 bridgehead atoms. The van der Waals surface area contributed by atoms with Gasteiger partial charge in [-0.05, 0) is 43.2 Å². The second kappa shape index (κ2) is 6.43. The van der Waals surface area contributed by atoms with Crippen LogP contribution in [0.1, 0.15) is 23.6 Å². The maximum atomic E-state index is 13.5. The van der Waals surface area contributed by atoms with Gasteiger partial charge in [0.25, 0.3) is 5.91 Å². The standard InChI is InChI=1S/C22H23N3O3/c1-14-4-6-15(7-5-14)19-18-20(24-13-3-12-23(19)24)22(27)25(21(18)26)16-8-10-17(28-2)11-9-16/h4-11,18-20H,3,12-13H2,1-2H3/t18-,19+,20+/m0/s1. The number of carbonyl (C=O) groups excluding carboxylic acids is 2. The number of hydrazine groups is 1. The average Bonchev–Trinajstić information content (AvgIpc) is 3.35. The molecular formula is C22H23N3O3. The molecule has 0 aromatic heterocycles. The van der Waals surface area contributed by atoms with E-state index in [2.05, 4.69) is 41.2 Å². The van der Waals surface area contributed by atoms with Gasteiger partial charge in [0, 0.05) is 13.1 Å². The number of nitrogens with zero attached hydrogens (tertiary/aromatic N) is 3. The van der Waals surface area contributed by atoms with Crippen LogP contribution in [-0.4, -0.2) is 48.1 Å². The average molecular weight is 377 g/mol. The quantitative estimate of drug-likeness (QED) is 0.770. The third kappa shape index (κ3) is 2.41.